The van der Waals surface area contributed by atoms with Gasteiger partial charge in [0.2, 0.25) is 5.91 Å². The molecule has 0 radical (unpaired) electrons. The molecule has 4 N–H and O–H groups in total. The minimum absolute atomic E-state index is 0. The van der Waals surface area contributed by atoms with E-state index in [-0.39, 0.29) is 36.3 Å². The largest absolute Gasteiger partial charge is 0.444 e. The fraction of sp³-hybridized carbons (Fsp3) is 0.636. The molecule has 10 heteroatoms. The number of nitrogens with one attached hydrogen (secondary N) is 4. The van der Waals surface area contributed by atoms with Crippen molar-refractivity contribution >= 4 is 47.8 Å². The molecule has 2 amide bonds. The van der Waals surface area contributed by atoms with Gasteiger partial charge in [-0.1, -0.05) is 19.9 Å². The second-order valence-corrected chi connectivity index (χ2v) is 8.43. The summed E-state index contributed by atoms with van der Waals surface area (Å²) >= 11 is 0. The van der Waals surface area contributed by atoms with Crippen LogP contribution in [0.5, 0.6) is 0 Å². The summed E-state index contributed by atoms with van der Waals surface area (Å²) in [6, 6.07) is 5.48. The second-order valence-electron chi connectivity index (χ2n) is 8.43. The number of rotatable bonds is 9. The van der Waals surface area contributed by atoms with Gasteiger partial charge in [-0.15, -0.1) is 24.0 Å². The van der Waals surface area contributed by atoms with Gasteiger partial charge in [-0.3, -0.25) is 9.79 Å². The SMILES string of the molecule is CCC(CC)(CNC(=NC)NCCC(=O)Nc1cccc(C)n1)NC(=O)OC(C)(C)C.I. The van der Waals surface area contributed by atoms with Crippen LogP contribution in [0, 0.1) is 6.92 Å². The van der Waals surface area contributed by atoms with E-state index in [4.69, 9.17) is 4.74 Å². The molecule has 0 aliphatic heterocycles. The number of hydrogen-bond acceptors (Lipinski definition) is 5. The Morgan fingerprint density at radius 3 is 2.31 bits per heavy atom. The highest BCUT2D eigenvalue weighted by Crippen LogP contribution is 2.16. The first-order chi connectivity index (χ1) is 14.5. The molecule has 0 aliphatic carbocycles. The highest BCUT2D eigenvalue weighted by molar-refractivity contribution is 14.0. The van der Waals surface area contributed by atoms with Gasteiger partial charge >= 0.3 is 6.09 Å². The van der Waals surface area contributed by atoms with Crippen molar-refractivity contribution in [1.82, 2.24) is 20.9 Å². The monoisotopic (exact) mass is 562 g/mol. The van der Waals surface area contributed by atoms with Crippen LogP contribution in [0.4, 0.5) is 10.6 Å². The van der Waals surface area contributed by atoms with E-state index in [2.05, 4.69) is 31.2 Å². The van der Waals surface area contributed by atoms with Gasteiger partial charge in [0.05, 0.1) is 5.54 Å². The number of anilines is 1. The van der Waals surface area contributed by atoms with Crippen LogP contribution in [0.2, 0.25) is 0 Å². The van der Waals surface area contributed by atoms with Gasteiger partial charge < -0.3 is 26.0 Å². The molecule has 0 aromatic carbocycles. The van der Waals surface area contributed by atoms with E-state index >= 15 is 0 Å². The number of aromatic nitrogens is 1. The molecule has 0 atom stereocenters. The standard InChI is InChI=1S/C22H38N6O3.HI/c1-8-22(9-2,28-20(30)31-21(4,5)6)15-25-19(23-7)24-14-13-18(29)27-17-12-10-11-16(3)26-17;/h10-12H,8-9,13-15H2,1-7H3,(H,28,30)(H2,23,24,25)(H,26,27,29);1H. The zero-order valence-electron chi connectivity index (χ0n) is 20.3. The van der Waals surface area contributed by atoms with Gasteiger partial charge in [0, 0.05) is 32.3 Å². The number of carbonyl (C=O) groups excluding carboxylic acids is 2. The Morgan fingerprint density at radius 2 is 1.78 bits per heavy atom. The summed E-state index contributed by atoms with van der Waals surface area (Å²) in [5.41, 5.74) is -0.193. The van der Waals surface area contributed by atoms with Crippen molar-refractivity contribution < 1.29 is 14.3 Å². The number of nitrogens with zero attached hydrogens (tertiary/aromatic N) is 2. The molecule has 0 aliphatic rings. The van der Waals surface area contributed by atoms with Crippen LogP contribution >= 0.6 is 24.0 Å². The number of halogens is 1. The van der Waals surface area contributed by atoms with Crippen LogP contribution < -0.4 is 21.3 Å². The minimum atomic E-state index is -0.559. The number of alkyl carbamates (subject to hydrolysis) is 1. The molecule has 0 bridgehead atoms. The first-order valence-electron chi connectivity index (χ1n) is 10.7. The molecule has 0 saturated heterocycles. The lowest BCUT2D eigenvalue weighted by Gasteiger charge is -2.34. The summed E-state index contributed by atoms with van der Waals surface area (Å²) in [4.78, 5) is 32.9. The molecule has 1 heterocycles. The van der Waals surface area contributed by atoms with Crippen molar-refractivity contribution in [2.75, 3.05) is 25.5 Å². The molecule has 0 fully saturated rings. The number of ether oxygens (including phenoxy) is 1. The first kappa shape index (κ1) is 29.9. The van der Waals surface area contributed by atoms with Crippen molar-refractivity contribution in [3.05, 3.63) is 23.9 Å². The van der Waals surface area contributed by atoms with Crippen molar-refractivity contribution in [1.29, 1.82) is 0 Å². The third-order valence-corrected chi connectivity index (χ3v) is 4.74. The molecule has 0 saturated carbocycles. The minimum Gasteiger partial charge on any atom is -0.444 e. The van der Waals surface area contributed by atoms with E-state index in [9.17, 15) is 9.59 Å². The molecule has 0 spiro atoms. The summed E-state index contributed by atoms with van der Waals surface area (Å²) in [5, 5.41) is 12.1. The highest BCUT2D eigenvalue weighted by Gasteiger charge is 2.30. The van der Waals surface area contributed by atoms with Crippen molar-refractivity contribution in [2.45, 2.75) is 71.9 Å². The van der Waals surface area contributed by atoms with Gasteiger partial charge in [-0.25, -0.2) is 9.78 Å². The van der Waals surface area contributed by atoms with Crippen LogP contribution in [0.25, 0.3) is 0 Å². The predicted molar refractivity (Wildman–Crippen MR) is 140 cm³/mol. The molecule has 0 unspecified atom stereocenters. The summed E-state index contributed by atoms with van der Waals surface area (Å²) < 4.78 is 5.40. The molecular weight excluding hydrogens is 523 g/mol. The van der Waals surface area contributed by atoms with E-state index in [0.717, 1.165) is 18.5 Å². The molecule has 9 nitrogen and oxygen atoms in total. The molecular formula is C22H39IN6O3. The average molecular weight is 562 g/mol. The molecule has 1 aromatic rings. The third kappa shape index (κ3) is 11.5. The topological polar surface area (TPSA) is 117 Å². The number of guanidine groups is 1. The number of aliphatic imine (C=N–C) groups is 1. The van der Waals surface area contributed by atoms with Gasteiger partial charge in [0.25, 0.3) is 0 Å². The molecule has 1 aromatic heterocycles. The van der Waals surface area contributed by atoms with Crippen LogP contribution in [0.1, 0.15) is 59.6 Å². The Morgan fingerprint density at radius 1 is 1.12 bits per heavy atom. The van der Waals surface area contributed by atoms with E-state index < -0.39 is 17.2 Å². The Labute approximate surface area is 209 Å². The number of carbonyl (C=O) groups is 2. The third-order valence-electron chi connectivity index (χ3n) is 4.74. The van der Waals surface area contributed by atoms with E-state index in [1.165, 1.54) is 0 Å². The number of amides is 2. The lowest BCUT2D eigenvalue weighted by Crippen LogP contribution is -2.57. The highest BCUT2D eigenvalue weighted by atomic mass is 127. The van der Waals surface area contributed by atoms with Crippen LogP contribution in [0.3, 0.4) is 0 Å². The molecule has 1 rings (SSSR count). The number of pyridine rings is 1. The zero-order valence-corrected chi connectivity index (χ0v) is 22.6. The fourth-order valence-corrected chi connectivity index (χ4v) is 2.83. The van der Waals surface area contributed by atoms with Gasteiger partial charge in [0.15, 0.2) is 5.96 Å². The summed E-state index contributed by atoms with van der Waals surface area (Å²) in [6.45, 7) is 12.3. The zero-order chi connectivity index (χ0) is 23.5. The molecule has 182 valence electrons. The maximum Gasteiger partial charge on any atom is 0.408 e. The Kier molecular flexibility index (Phi) is 13.2. The maximum atomic E-state index is 12.3. The van der Waals surface area contributed by atoms with Gasteiger partial charge in [0.1, 0.15) is 11.4 Å². The Hall–Kier alpha value is -2.11. The fourth-order valence-electron chi connectivity index (χ4n) is 2.83. The summed E-state index contributed by atoms with van der Waals surface area (Å²) in [5.74, 6) is 0.958. The summed E-state index contributed by atoms with van der Waals surface area (Å²) in [7, 11) is 1.66. The van der Waals surface area contributed by atoms with Crippen molar-refractivity contribution in [3.8, 4) is 0 Å². The van der Waals surface area contributed by atoms with Crippen molar-refractivity contribution in [3.63, 3.8) is 0 Å². The quantitative estimate of drug-likeness (QED) is 0.208. The van der Waals surface area contributed by atoms with Gasteiger partial charge in [-0.05, 0) is 52.7 Å². The van der Waals surface area contributed by atoms with Crippen LogP contribution in [-0.2, 0) is 9.53 Å². The second kappa shape index (κ2) is 14.1. The lowest BCUT2D eigenvalue weighted by molar-refractivity contribution is -0.116. The average Bonchev–Trinajstić information content (AvgIpc) is 2.68. The van der Waals surface area contributed by atoms with Crippen LogP contribution in [0.15, 0.2) is 23.2 Å². The Bertz CT molecular complexity index is 760. The van der Waals surface area contributed by atoms with E-state index in [1.54, 1.807) is 13.1 Å². The number of hydrogen-bond donors (Lipinski definition) is 4. The normalized spacial score (nSPS) is 11.8. The lowest BCUT2D eigenvalue weighted by atomic mass is 9.93. The smallest absolute Gasteiger partial charge is 0.408 e. The van der Waals surface area contributed by atoms with E-state index in [1.807, 2.05) is 53.7 Å². The van der Waals surface area contributed by atoms with E-state index in [0.29, 0.717) is 24.9 Å². The van der Waals surface area contributed by atoms with Crippen LogP contribution in [-0.4, -0.2) is 54.2 Å². The van der Waals surface area contributed by atoms with Gasteiger partial charge in [-0.2, -0.15) is 0 Å². The molecule has 32 heavy (non-hydrogen) atoms. The number of aryl methyl sites for hydroxylation is 1. The summed E-state index contributed by atoms with van der Waals surface area (Å²) in [6.07, 6.45) is 1.26. The Balaban J connectivity index is 0.00000961. The van der Waals surface area contributed by atoms with Crippen molar-refractivity contribution in [2.24, 2.45) is 4.99 Å². The maximum absolute atomic E-state index is 12.3. The predicted octanol–water partition coefficient (Wildman–Crippen LogP) is 3.59. The first-order valence-corrected chi connectivity index (χ1v) is 10.7.